The maximum absolute atomic E-state index is 11.7. The first-order chi connectivity index (χ1) is 8.13. The van der Waals surface area contributed by atoms with Gasteiger partial charge in [0.25, 0.3) is 0 Å². The molecule has 0 aromatic carbocycles. The molecule has 0 unspecified atom stereocenters. The van der Waals surface area contributed by atoms with Crippen LogP contribution in [0.2, 0.25) is 0 Å². The van der Waals surface area contributed by atoms with Crippen LogP contribution in [0.15, 0.2) is 4.99 Å². The van der Waals surface area contributed by atoms with Crippen molar-refractivity contribution in [2.75, 3.05) is 19.6 Å². The lowest BCUT2D eigenvalue weighted by atomic mass is 10.3. The highest BCUT2D eigenvalue weighted by Crippen LogP contribution is 2.08. The molecule has 98 valence electrons. The zero-order valence-electron chi connectivity index (χ0n) is 10.7. The van der Waals surface area contributed by atoms with Crippen molar-refractivity contribution in [2.45, 2.75) is 39.2 Å². The summed E-state index contributed by atoms with van der Waals surface area (Å²) in [6.07, 6.45) is 2.70. The molecule has 0 atom stereocenters. The minimum absolute atomic E-state index is 0.187. The van der Waals surface area contributed by atoms with E-state index in [4.69, 9.17) is 5.84 Å². The van der Waals surface area contributed by atoms with Crippen molar-refractivity contribution >= 4 is 11.9 Å². The highest BCUT2D eigenvalue weighted by Gasteiger charge is 2.16. The minimum Gasteiger partial charge on any atom is -0.353 e. The van der Waals surface area contributed by atoms with E-state index in [-0.39, 0.29) is 11.9 Å². The number of likely N-dealkylation sites (tertiary alicyclic amines) is 1. The molecule has 0 saturated carbocycles. The van der Waals surface area contributed by atoms with Gasteiger partial charge in [-0.2, -0.15) is 0 Å². The van der Waals surface area contributed by atoms with Crippen molar-refractivity contribution < 1.29 is 4.79 Å². The molecule has 6 heteroatoms. The third-order valence-corrected chi connectivity index (χ3v) is 2.62. The normalized spacial score (nSPS) is 16.5. The lowest BCUT2D eigenvalue weighted by Gasteiger charge is -2.15. The van der Waals surface area contributed by atoms with Crippen LogP contribution >= 0.6 is 0 Å². The van der Waals surface area contributed by atoms with Crippen LogP contribution in [0.3, 0.4) is 0 Å². The second-order valence-corrected chi connectivity index (χ2v) is 4.51. The van der Waals surface area contributed by atoms with Crippen LogP contribution in [0.1, 0.15) is 33.1 Å². The fraction of sp³-hybridized carbons (Fsp3) is 0.818. The van der Waals surface area contributed by atoms with Gasteiger partial charge in [0.05, 0.1) is 6.54 Å². The summed E-state index contributed by atoms with van der Waals surface area (Å²) in [5, 5.41) is 3.06. The maximum atomic E-state index is 11.7. The minimum atomic E-state index is 0.187. The molecule has 17 heavy (non-hydrogen) atoms. The summed E-state index contributed by atoms with van der Waals surface area (Å²) in [5.41, 5.74) is 2.49. The van der Waals surface area contributed by atoms with Gasteiger partial charge in [-0.3, -0.25) is 15.2 Å². The lowest BCUT2D eigenvalue weighted by molar-refractivity contribution is -0.129. The van der Waals surface area contributed by atoms with E-state index >= 15 is 0 Å². The van der Waals surface area contributed by atoms with E-state index in [2.05, 4.69) is 15.7 Å². The van der Waals surface area contributed by atoms with Gasteiger partial charge in [-0.15, -0.1) is 0 Å². The van der Waals surface area contributed by atoms with Crippen LogP contribution in [0.25, 0.3) is 0 Å². The summed E-state index contributed by atoms with van der Waals surface area (Å²) in [7, 11) is 0. The van der Waals surface area contributed by atoms with Crippen LogP contribution < -0.4 is 16.6 Å². The first kappa shape index (κ1) is 13.8. The number of carbonyl (C=O) groups excluding carboxylic acids is 1. The predicted molar refractivity (Wildman–Crippen MR) is 68.3 cm³/mol. The number of hydrogen-bond donors (Lipinski definition) is 3. The van der Waals surface area contributed by atoms with E-state index in [9.17, 15) is 4.79 Å². The Morgan fingerprint density at radius 2 is 2.06 bits per heavy atom. The van der Waals surface area contributed by atoms with Gasteiger partial charge in [0.1, 0.15) is 0 Å². The molecule has 1 amide bonds. The largest absolute Gasteiger partial charge is 0.353 e. The molecular weight excluding hydrogens is 218 g/mol. The Bertz CT molecular complexity index is 271. The van der Waals surface area contributed by atoms with Crippen LogP contribution in [-0.2, 0) is 4.79 Å². The Labute approximate surface area is 103 Å². The highest BCUT2D eigenvalue weighted by atomic mass is 16.2. The average Bonchev–Trinajstić information content (AvgIpc) is 2.80. The molecule has 1 fully saturated rings. The summed E-state index contributed by atoms with van der Waals surface area (Å²) >= 11 is 0. The zero-order chi connectivity index (χ0) is 12.7. The Morgan fingerprint density at radius 3 is 2.59 bits per heavy atom. The van der Waals surface area contributed by atoms with Crippen LogP contribution in [0.4, 0.5) is 0 Å². The molecule has 0 spiro atoms. The summed E-state index contributed by atoms with van der Waals surface area (Å²) in [6.45, 7) is 6.27. The van der Waals surface area contributed by atoms with Gasteiger partial charge in [0, 0.05) is 25.6 Å². The first-order valence-electron chi connectivity index (χ1n) is 6.19. The molecule has 0 bridgehead atoms. The lowest BCUT2D eigenvalue weighted by Crippen LogP contribution is -2.44. The fourth-order valence-corrected chi connectivity index (χ4v) is 1.79. The third kappa shape index (κ3) is 5.04. The van der Waals surface area contributed by atoms with Gasteiger partial charge in [-0.1, -0.05) is 0 Å². The number of hydrazine groups is 1. The second-order valence-electron chi connectivity index (χ2n) is 4.51. The van der Waals surface area contributed by atoms with Crippen molar-refractivity contribution in [1.29, 1.82) is 0 Å². The van der Waals surface area contributed by atoms with Crippen LogP contribution in [-0.4, -0.2) is 42.4 Å². The molecule has 4 N–H and O–H groups in total. The number of aliphatic imine (C=N–C) groups is 1. The van der Waals surface area contributed by atoms with Crippen molar-refractivity contribution in [2.24, 2.45) is 10.8 Å². The Kier molecular flexibility index (Phi) is 5.76. The molecule has 1 rings (SSSR count). The third-order valence-electron chi connectivity index (χ3n) is 2.62. The highest BCUT2D eigenvalue weighted by molar-refractivity contribution is 5.80. The van der Waals surface area contributed by atoms with Crippen molar-refractivity contribution in [3.05, 3.63) is 0 Å². The molecule has 1 saturated heterocycles. The van der Waals surface area contributed by atoms with E-state index in [1.54, 1.807) is 0 Å². The van der Waals surface area contributed by atoms with Crippen molar-refractivity contribution in [3.63, 3.8) is 0 Å². The SMILES string of the molecule is CC(C)NC(=NCCC(=O)N1CCCC1)NN. The molecule has 0 aromatic heterocycles. The van der Waals surface area contributed by atoms with Gasteiger partial charge in [-0.25, -0.2) is 5.84 Å². The average molecular weight is 241 g/mol. The number of nitrogens with two attached hydrogens (primary N) is 1. The second kappa shape index (κ2) is 7.11. The Balaban J connectivity index is 2.28. The van der Waals surface area contributed by atoms with Gasteiger partial charge >= 0.3 is 0 Å². The summed E-state index contributed by atoms with van der Waals surface area (Å²) in [5.74, 6) is 6.04. The summed E-state index contributed by atoms with van der Waals surface area (Å²) < 4.78 is 0. The van der Waals surface area contributed by atoms with Crippen LogP contribution in [0, 0.1) is 0 Å². The summed E-state index contributed by atoms with van der Waals surface area (Å²) in [4.78, 5) is 17.8. The Hall–Kier alpha value is -1.30. The first-order valence-corrected chi connectivity index (χ1v) is 6.19. The molecule has 0 radical (unpaired) electrons. The van der Waals surface area contributed by atoms with E-state index < -0.39 is 0 Å². The smallest absolute Gasteiger partial charge is 0.224 e. The Morgan fingerprint density at radius 1 is 1.41 bits per heavy atom. The predicted octanol–water partition coefficient (Wildman–Crippen LogP) is -0.184. The zero-order valence-corrected chi connectivity index (χ0v) is 10.7. The number of nitrogens with zero attached hydrogens (tertiary/aromatic N) is 2. The van der Waals surface area contributed by atoms with Crippen LogP contribution in [0.5, 0.6) is 0 Å². The molecule has 1 aliphatic rings. The van der Waals surface area contributed by atoms with E-state index in [0.29, 0.717) is 18.9 Å². The van der Waals surface area contributed by atoms with E-state index in [0.717, 1.165) is 25.9 Å². The number of nitrogens with one attached hydrogen (secondary N) is 2. The topological polar surface area (TPSA) is 82.8 Å². The van der Waals surface area contributed by atoms with Crippen molar-refractivity contribution in [1.82, 2.24) is 15.6 Å². The van der Waals surface area contributed by atoms with Crippen molar-refractivity contribution in [3.8, 4) is 0 Å². The number of guanidine groups is 1. The number of hydrogen-bond acceptors (Lipinski definition) is 3. The molecular formula is C11H23N5O. The monoisotopic (exact) mass is 241 g/mol. The summed E-state index contributed by atoms with van der Waals surface area (Å²) in [6, 6.07) is 0.263. The quantitative estimate of drug-likeness (QED) is 0.276. The molecule has 0 aromatic rings. The molecule has 1 heterocycles. The van der Waals surface area contributed by atoms with E-state index in [1.807, 2.05) is 18.7 Å². The number of carbonyl (C=O) groups is 1. The van der Waals surface area contributed by atoms with Gasteiger partial charge in [-0.05, 0) is 26.7 Å². The van der Waals surface area contributed by atoms with E-state index in [1.165, 1.54) is 0 Å². The molecule has 0 aliphatic carbocycles. The maximum Gasteiger partial charge on any atom is 0.224 e. The standard InChI is InChI=1S/C11H23N5O/c1-9(2)14-11(15-12)13-6-5-10(17)16-7-3-4-8-16/h9H,3-8,12H2,1-2H3,(H2,13,14,15). The van der Waals surface area contributed by atoms with Gasteiger partial charge in [0.2, 0.25) is 11.9 Å². The van der Waals surface area contributed by atoms with Gasteiger partial charge < -0.3 is 10.2 Å². The molecule has 6 nitrogen and oxygen atoms in total. The molecule has 1 aliphatic heterocycles. The fourth-order valence-electron chi connectivity index (χ4n) is 1.79. The number of rotatable bonds is 4. The number of amides is 1. The van der Waals surface area contributed by atoms with Gasteiger partial charge in [0.15, 0.2) is 0 Å².